The van der Waals surface area contributed by atoms with E-state index in [1.165, 1.54) is 0 Å². The number of carbonyl (C=O) groups is 1. The molecule has 0 atom stereocenters. The van der Waals surface area contributed by atoms with Gasteiger partial charge in [-0.2, -0.15) is 0 Å². The number of nitrogens with one attached hydrogen (secondary N) is 1. The number of nitrogens with two attached hydrogens (primary N) is 1. The number of amides is 1. The summed E-state index contributed by atoms with van der Waals surface area (Å²) < 4.78 is 5.29. The molecule has 2 heterocycles. The Morgan fingerprint density at radius 1 is 1.38 bits per heavy atom. The van der Waals surface area contributed by atoms with Crippen LogP contribution >= 0.6 is 0 Å². The first kappa shape index (κ1) is 13.9. The van der Waals surface area contributed by atoms with E-state index in [4.69, 9.17) is 10.5 Å². The Morgan fingerprint density at radius 3 is 3.00 bits per heavy atom. The minimum Gasteiger partial charge on any atom is -0.378 e. The normalized spacial score (nSPS) is 19.1. The number of guanidine groups is 1. The van der Waals surface area contributed by atoms with Gasteiger partial charge in [-0.15, -0.1) is 0 Å². The number of carbonyl (C=O) groups excluding carboxylic acids is 1. The fourth-order valence-electron chi connectivity index (χ4n) is 2.62. The monoisotopic (exact) mass is 288 g/mol. The van der Waals surface area contributed by atoms with Crippen LogP contribution in [0, 0.1) is 0 Å². The van der Waals surface area contributed by atoms with E-state index in [9.17, 15) is 4.79 Å². The third kappa shape index (κ3) is 3.16. The number of rotatable bonds is 2. The summed E-state index contributed by atoms with van der Waals surface area (Å²) in [6.07, 6.45) is 0.889. The van der Waals surface area contributed by atoms with E-state index in [0.717, 1.165) is 36.2 Å². The molecule has 112 valence electrons. The molecule has 3 rings (SSSR count). The largest absolute Gasteiger partial charge is 0.378 e. The maximum atomic E-state index is 11.8. The number of hydrogen-bond donors (Lipinski definition) is 2. The van der Waals surface area contributed by atoms with E-state index in [2.05, 4.69) is 10.3 Å². The first-order valence-corrected chi connectivity index (χ1v) is 7.26. The highest BCUT2D eigenvalue weighted by atomic mass is 16.5. The molecule has 0 aliphatic carbocycles. The number of benzene rings is 1. The predicted molar refractivity (Wildman–Crippen MR) is 80.2 cm³/mol. The van der Waals surface area contributed by atoms with Crippen LogP contribution in [0.5, 0.6) is 0 Å². The van der Waals surface area contributed by atoms with Gasteiger partial charge in [0.15, 0.2) is 5.96 Å². The van der Waals surface area contributed by atoms with Crippen molar-refractivity contribution in [3.63, 3.8) is 0 Å². The fourth-order valence-corrected chi connectivity index (χ4v) is 2.62. The highest BCUT2D eigenvalue weighted by Gasteiger charge is 2.17. The number of hydrogen-bond acceptors (Lipinski definition) is 3. The van der Waals surface area contributed by atoms with Crippen LogP contribution in [-0.2, 0) is 17.7 Å². The lowest BCUT2D eigenvalue weighted by Crippen LogP contribution is -2.44. The van der Waals surface area contributed by atoms with Gasteiger partial charge in [-0.3, -0.25) is 4.79 Å². The maximum Gasteiger partial charge on any atom is 0.251 e. The van der Waals surface area contributed by atoms with Crippen molar-refractivity contribution in [1.29, 1.82) is 0 Å². The van der Waals surface area contributed by atoms with Crippen LogP contribution in [0.3, 0.4) is 0 Å². The third-order valence-corrected chi connectivity index (χ3v) is 3.86. The van der Waals surface area contributed by atoms with E-state index in [1.54, 1.807) is 0 Å². The molecule has 2 aliphatic heterocycles. The number of morpholine rings is 1. The molecule has 0 radical (unpaired) electrons. The van der Waals surface area contributed by atoms with Gasteiger partial charge in [0, 0.05) is 25.2 Å². The van der Waals surface area contributed by atoms with E-state index < -0.39 is 0 Å². The van der Waals surface area contributed by atoms with E-state index in [0.29, 0.717) is 32.3 Å². The highest BCUT2D eigenvalue weighted by Crippen LogP contribution is 2.16. The fraction of sp³-hybridized carbons (Fsp3) is 0.467. The van der Waals surface area contributed by atoms with E-state index >= 15 is 0 Å². The Balaban J connectivity index is 1.70. The first-order valence-electron chi connectivity index (χ1n) is 7.26. The van der Waals surface area contributed by atoms with E-state index in [1.807, 2.05) is 23.1 Å². The second-order valence-electron chi connectivity index (χ2n) is 5.27. The summed E-state index contributed by atoms with van der Waals surface area (Å²) in [5.41, 5.74) is 8.87. The molecule has 0 saturated carbocycles. The minimum absolute atomic E-state index is 0.00299. The zero-order valence-corrected chi connectivity index (χ0v) is 12.0. The van der Waals surface area contributed by atoms with Crippen molar-refractivity contribution in [2.75, 3.05) is 32.8 Å². The van der Waals surface area contributed by atoms with Gasteiger partial charge < -0.3 is 20.7 Å². The highest BCUT2D eigenvalue weighted by molar-refractivity contribution is 5.96. The van der Waals surface area contributed by atoms with Gasteiger partial charge in [0.25, 0.3) is 5.91 Å². The number of nitrogens with zero attached hydrogens (tertiary/aromatic N) is 2. The van der Waals surface area contributed by atoms with Crippen molar-refractivity contribution in [3.05, 3.63) is 34.9 Å². The van der Waals surface area contributed by atoms with E-state index in [-0.39, 0.29) is 5.91 Å². The third-order valence-electron chi connectivity index (χ3n) is 3.86. The molecule has 2 aliphatic rings. The summed E-state index contributed by atoms with van der Waals surface area (Å²) in [5.74, 6) is 0.545. The second-order valence-corrected chi connectivity index (χ2v) is 5.27. The minimum atomic E-state index is 0.00299. The first-order chi connectivity index (χ1) is 10.2. The standard InChI is InChI=1S/C15H20N4O2/c16-15(19-5-7-21-8-6-19)18-10-11-1-2-12-3-4-17-14(20)13(12)9-11/h1-2,9H,3-8,10H2,(H2,16,18)(H,17,20). The lowest BCUT2D eigenvalue weighted by atomic mass is 9.98. The maximum absolute atomic E-state index is 11.8. The van der Waals surface area contributed by atoms with Crippen molar-refractivity contribution < 1.29 is 9.53 Å². The zero-order valence-electron chi connectivity index (χ0n) is 12.0. The van der Waals surface area contributed by atoms with Crippen molar-refractivity contribution in [1.82, 2.24) is 10.2 Å². The Bertz CT molecular complexity index is 565. The summed E-state index contributed by atoms with van der Waals surface area (Å²) >= 11 is 0. The molecule has 1 aromatic carbocycles. The SMILES string of the molecule is NC(=NCc1ccc2c(c1)C(=O)NCC2)N1CCOCC1. The molecule has 0 aromatic heterocycles. The molecular formula is C15H20N4O2. The summed E-state index contributed by atoms with van der Waals surface area (Å²) in [6, 6.07) is 5.96. The summed E-state index contributed by atoms with van der Waals surface area (Å²) in [6.45, 7) is 4.14. The van der Waals surface area contributed by atoms with Crippen molar-refractivity contribution >= 4 is 11.9 Å². The van der Waals surface area contributed by atoms with Gasteiger partial charge >= 0.3 is 0 Å². The van der Waals surface area contributed by atoms with Crippen LogP contribution in [0.25, 0.3) is 0 Å². The van der Waals surface area contributed by atoms with Crippen LogP contribution in [0.15, 0.2) is 23.2 Å². The zero-order chi connectivity index (χ0) is 14.7. The average Bonchev–Trinajstić information content (AvgIpc) is 2.54. The van der Waals surface area contributed by atoms with Gasteiger partial charge in [0.05, 0.1) is 19.8 Å². The molecule has 1 saturated heterocycles. The summed E-state index contributed by atoms with van der Waals surface area (Å²) in [4.78, 5) is 18.3. The average molecular weight is 288 g/mol. The van der Waals surface area contributed by atoms with Gasteiger partial charge in [-0.05, 0) is 23.6 Å². The summed E-state index contributed by atoms with van der Waals surface area (Å²) in [7, 11) is 0. The second kappa shape index (κ2) is 6.13. The van der Waals surface area contributed by atoms with Crippen LogP contribution in [0.2, 0.25) is 0 Å². The van der Waals surface area contributed by atoms with Crippen LogP contribution in [-0.4, -0.2) is 49.6 Å². The Hall–Kier alpha value is -2.08. The number of ether oxygens (including phenoxy) is 1. The molecule has 6 nitrogen and oxygen atoms in total. The van der Waals surface area contributed by atoms with Gasteiger partial charge in [-0.1, -0.05) is 12.1 Å². The van der Waals surface area contributed by atoms with Gasteiger partial charge in [0.2, 0.25) is 0 Å². The Labute approximate surface area is 124 Å². The van der Waals surface area contributed by atoms with Gasteiger partial charge in [-0.25, -0.2) is 4.99 Å². The Morgan fingerprint density at radius 2 is 2.19 bits per heavy atom. The van der Waals surface area contributed by atoms with Crippen molar-refractivity contribution in [2.45, 2.75) is 13.0 Å². The molecule has 1 aromatic rings. The van der Waals surface area contributed by atoms with Crippen molar-refractivity contribution in [3.8, 4) is 0 Å². The molecule has 3 N–H and O–H groups in total. The molecule has 1 amide bonds. The van der Waals surface area contributed by atoms with Crippen molar-refractivity contribution in [2.24, 2.45) is 10.7 Å². The molecule has 6 heteroatoms. The van der Waals surface area contributed by atoms with Crippen LogP contribution < -0.4 is 11.1 Å². The predicted octanol–water partition coefficient (Wildman–Crippen LogP) is 0.119. The molecule has 0 bridgehead atoms. The topological polar surface area (TPSA) is 79.9 Å². The van der Waals surface area contributed by atoms with Gasteiger partial charge in [0.1, 0.15) is 0 Å². The quantitative estimate of drug-likeness (QED) is 0.598. The lowest BCUT2D eigenvalue weighted by molar-refractivity contribution is 0.0674. The van der Waals surface area contributed by atoms with Crippen LogP contribution in [0.4, 0.5) is 0 Å². The summed E-state index contributed by atoms with van der Waals surface area (Å²) in [5, 5.41) is 2.86. The lowest BCUT2D eigenvalue weighted by Gasteiger charge is -2.27. The molecule has 0 unspecified atom stereocenters. The van der Waals surface area contributed by atoms with Crippen LogP contribution in [0.1, 0.15) is 21.5 Å². The smallest absolute Gasteiger partial charge is 0.251 e. The molecule has 0 spiro atoms. The number of fused-ring (bicyclic) bond motifs is 1. The molecule has 1 fully saturated rings. The molecular weight excluding hydrogens is 268 g/mol. The molecule has 21 heavy (non-hydrogen) atoms. The number of aliphatic imine (C=N–C) groups is 1. The Kier molecular flexibility index (Phi) is 4.06.